The molecular formula is C16H25NOS. The van der Waals surface area contributed by atoms with Gasteiger partial charge in [0.05, 0.1) is 6.04 Å². The highest BCUT2D eigenvalue weighted by Crippen LogP contribution is 2.37. The fraction of sp³-hybridized carbons (Fsp3) is 0.688. The van der Waals surface area contributed by atoms with Gasteiger partial charge in [-0.25, -0.2) is 0 Å². The van der Waals surface area contributed by atoms with E-state index in [1.165, 1.54) is 30.6 Å². The molecule has 0 aromatic carbocycles. The lowest BCUT2D eigenvalue weighted by Crippen LogP contribution is -2.34. The molecule has 106 valence electrons. The minimum absolute atomic E-state index is 0.0553. The maximum Gasteiger partial charge on any atom is 0.221 e. The van der Waals surface area contributed by atoms with Crippen LogP contribution in [-0.2, 0) is 4.79 Å². The van der Waals surface area contributed by atoms with Gasteiger partial charge < -0.3 is 5.32 Å². The van der Waals surface area contributed by atoms with Crippen molar-refractivity contribution in [2.75, 3.05) is 0 Å². The normalized spacial score (nSPS) is 18.5. The summed E-state index contributed by atoms with van der Waals surface area (Å²) in [6.45, 7) is 6.34. The highest BCUT2D eigenvalue weighted by Gasteiger charge is 2.29. The van der Waals surface area contributed by atoms with Crippen molar-refractivity contribution < 1.29 is 4.79 Å². The van der Waals surface area contributed by atoms with Crippen molar-refractivity contribution in [3.05, 3.63) is 22.4 Å². The van der Waals surface area contributed by atoms with Crippen LogP contribution >= 0.6 is 11.3 Å². The van der Waals surface area contributed by atoms with Crippen molar-refractivity contribution in [3.63, 3.8) is 0 Å². The summed E-state index contributed by atoms with van der Waals surface area (Å²) in [6.07, 6.45) is 5.71. The Kier molecular flexibility index (Phi) is 4.67. The van der Waals surface area contributed by atoms with Crippen LogP contribution in [-0.4, -0.2) is 5.91 Å². The van der Waals surface area contributed by atoms with Crippen molar-refractivity contribution >= 4 is 17.2 Å². The van der Waals surface area contributed by atoms with Crippen molar-refractivity contribution in [1.82, 2.24) is 5.32 Å². The predicted octanol–water partition coefficient (Wildman–Crippen LogP) is 4.53. The molecule has 3 heteroatoms. The summed E-state index contributed by atoms with van der Waals surface area (Å²) in [4.78, 5) is 13.5. The number of hydrogen-bond acceptors (Lipinski definition) is 2. The first kappa shape index (κ1) is 14.6. The molecule has 1 saturated carbocycles. The van der Waals surface area contributed by atoms with Crippen molar-refractivity contribution in [3.8, 4) is 0 Å². The van der Waals surface area contributed by atoms with Gasteiger partial charge in [0, 0.05) is 11.3 Å². The van der Waals surface area contributed by atoms with Crippen LogP contribution in [0.4, 0.5) is 0 Å². The van der Waals surface area contributed by atoms with Gasteiger partial charge in [-0.2, -0.15) is 0 Å². The zero-order valence-corrected chi connectivity index (χ0v) is 13.1. The number of rotatable bonds is 4. The molecule has 1 amide bonds. The monoisotopic (exact) mass is 279 g/mol. The number of carbonyl (C=O) groups excluding carboxylic acids is 1. The van der Waals surface area contributed by atoms with Crippen LogP contribution in [0, 0.1) is 11.3 Å². The van der Waals surface area contributed by atoms with E-state index in [2.05, 4.69) is 43.6 Å². The molecule has 1 aromatic heterocycles. The Balaban J connectivity index is 2.04. The van der Waals surface area contributed by atoms with Gasteiger partial charge in [0.1, 0.15) is 0 Å². The molecule has 1 atom stereocenters. The van der Waals surface area contributed by atoms with E-state index >= 15 is 0 Å². The van der Waals surface area contributed by atoms with Gasteiger partial charge in [0.15, 0.2) is 0 Å². The predicted molar refractivity (Wildman–Crippen MR) is 81.2 cm³/mol. The van der Waals surface area contributed by atoms with Gasteiger partial charge in [0.2, 0.25) is 5.91 Å². The second kappa shape index (κ2) is 6.08. The minimum Gasteiger partial charge on any atom is -0.348 e. The second-order valence-electron chi connectivity index (χ2n) is 6.84. The van der Waals surface area contributed by atoms with Gasteiger partial charge in [-0.15, -0.1) is 11.3 Å². The van der Waals surface area contributed by atoms with Crippen molar-refractivity contribution in [2.24, 2.45) is 11.3 Å². The Bertz CT molecular complexity index is 399. The Morgan fingerprint density at radius 3 is 2.63 bits per heavy atom. The molecule has 0 saturated heterocycles. The van der Waals surface area contributed by atoms with Gasteiger partial charge >= 0.3 is 0 Å². The smallest absolute Gasteiger partial charge is 0.221 e. The number of hydrogen-bond donors (Lipinski definition) is 1. The SMILES string of the molecule is CC(C)(C)CC(=O)NC(c1cccs1)C1CCCC1. The second-order valence-corrected chi connectivity index (χ2v) is 7.82. The lowest BCUT2D eigenvalue weighted by Gasteiger charge is -2.26. The van der Waals surface area contributed by atoms with E-state index in [1.807, 2.05) is 0 Å². The van der Waals surface area contributed by atoms with Gasteiger partial charge in [-0.1, -0.05) is 39.7 Å². The lowest BCUT2D eigenvalue weighted by atomic mass is 9.91. The summed E-state index contributed by atoms with van der Waals surface area (Å²) in [7, 11) is 0. The highest BCUT2D eigenvalue weighted by molar-refractivity contribution is 7.10. The molecule has 0 bridgehead atoms. The van der Waals surface area contributed by atoms with Crippen molar-refractivity contribution in [1.29, 1.82) is 0 Å². The largest absolute Gasteiger partial charge is 0.348 e. The first-order chi connectivity index (χ1) is 8.96. The van der Waals surface area contributed by atoms with Crippen LogP contribution in [0.1, 0.15) is 63.8 Å². The number of carbonyl (C=O) groups is 1. The first-order valence-electron chi connectivity index (χ1n) is 7.28. The van der Waals surface area contributed by atoms with E-state index in [-0.39, 0.29) is 17.4 Å². The van der Waals surface area contributed by atoms with Crippen LogP contribution in [0.5, 0.6) is 0 Å². The third-order valence-corrected chi connectivity index (χ3v) is 4.68. The Labute approximate surface area is 120 Å². The molecule has 1 aliphatic rings. The molecule has 1 aliphatic carbocycles. The molecule has 1 aromatic rings. The van der Waals surface area contributed by atoms with E-state index in [0.717, 1.165) is 0 Å². The molecule has 2 nitrogen and oxygen atoms in total. The summed E-state index contributed by atoms with van der Waals surface area (Å²) in [5.41, 5.74) is 0.0553. The summed E-state index contributed by atoms with van der Waals surface area (Å²) in [6, 6.07) is 4.47. The van der Waals surface area contributed by atoms with Gasteiger partial charge in [0.25, 0.3) is 0 Å². The fourth-order valence-electron chi connectivity index (χ4n) is 2.89. The minimum atomic E-state index is 0.0553. The van der Waals surface area contributed by atoms with E-state index < -0.39 is 0 Å². The fourth-order valence-corrected chi connectivity index (χ4v) is 3.76. The van der Waals surface area contributed by atoms with E-state index in [4.69, 9.17) is 0 Å². The van der Waals surface area contributed by atoms with Gasteiger partial charge in [-0.05, 0) is 35.6 Å². The third kappa shape index (κ3) is 4.34. The van der Waals surface area contributed by atoms with E-state index in [9.17, 15) is 4.79 Å². The van der Waals surface area contributed by atoms with Crippen LogP contribution in [0.15, 0.2) is 17.5 Å². The number of amides is 1. The summed E-state index contributed by atoms with van der Waals surface area (Å²) in [5.74, 6) is 0.820. The quantitative estimate of drug-likeness (QED) is 0.862. The molecule has 0 aliphatic heterocycles. The molecule has 1 N–H and O–H groups in total. The summed E-state index contributed by atoms with van der Waals surface area (Å²) >= 11 is 1.76. The highest BCUT2D eigenvalue weighted by atomic mass is 32.1. The van der Waals surface area contributed by atoms with Crippen LogP contribution in [0.2, 0.25) is 0 Å². The molecule has 1 heterocycles. The maximum absolute atomic E-state index is 12.2. The summed E-state index contributed by atoms with van der Waals surface area (Å²) in [5, 5.41) is 5.39. The van der Waals surface area contributed by atoms with E-state index in [1.54, 1.807) is 11.3 Å². The molecule has 1 unspecified atom stereocenters. The molecular weight excluding hydrogens is 254 g/mol. The maximum atomic E-state index is 12.2. The zero-order valence-electron chi connectivity index (χ0n) is 12.2. The topological polar surface area (TPSA) is 29.1 Å². The Hall–Kier alpha value is -0.830. The van der Waals surface area contributed by atoms with Crippen LogP contribution in [0.25, 0.3) is 0 Å². The van der Waals surface area contributed by atoms with Gasteiger partial charge in [-0.3, -0.25) is 4.79 Å². The third-order valence-electron chi connectivity index (χ3n) is 3.73. The van der Waals surface area contributed by atoms with E-state index in [0.29, 0.717) is 12.3 Å². The molecule has 0 spiro atoms. The Morgan fingerprint density at radius 1 is 1.42 bits per heavy atom. The zero-order chi connectivity index (χ0) is 13.9. The Morgan fingerprint density at radius 2 is 2.11 bits per heavy atom. The standard InChI is InChI=1S/C16H25NOS/c1-16(2,3)11-14(18)17-15(12-7-4-5-8-12)13-9-6-10-19-13/h6,9-10,12,15H,4-5,7-8,11H2,1-3H3,(H,17,18). The average Bonchev–Trinajstić information content (AvgIpc) is 2.97. The molecule has 0 radical (unpaired) electrons. The van der Waals surface area contributed by atoms with Crippen molar-refractivity contribution in [2.45, 2.75) is 58.9 Å². The number of nitrogens with one attached hydrogen (secondary N) is 1. The lowest BCUT2D eigenvalue weighted by molar-refractivity contribution is -0.123. The number of thiophene rings is 1. The summed E-state index contributed by atoms with van der Waals surface area (Å²) < 4.78 is 0. The molecule has 2 rings (SSSR count). The van der Waals surface area contributed by atoms with Crippen LogP contribution in [0.3, 0.4) is 0 Å². The first-order valence-corrected chi connectivity index (χ1v) is 8.16. The molecule has 1 fully saturated rings. The van der Waals surface area contributed by atoms with Crippen LogP contribution < -0.4 is 5.32 Å². The molecule has 19 heavy (non-hydrogen) atoms. The average molecular weight is 279 g/mol.